The smallest absolute Gasteiger partial charge is 0.126 e. The van der Waals surface area contributed by atoms with Crippen molar-refractivity contribution in [2.45, 2.75) is 18.9 Å². The number of aliphatic hydroxyl groups excluding tert-OH is 2. The summed E-state index contributed by atoms with van der Waals surface area (Å²) in [6.45, 7) is 0.505. The lowest BCUT2D eigenvalue weighted by Gasteiger charge is -2.14. The van der Waals surface area contributed by atoms with Crippen molar-refractivity contribution >= 4 is 11.6 Å². The summed E-state index contributed by atoms with van der Waals surface area (Å²) in [5.41, 5.74) is 0.547. The van der Waals surface area contributed by atoms with Gasteiger partial charge in [-0.2, -0.15) is 0 Å². The van der Waals surface area contributed by atoms with Gasteiger partial charge in [-0.3, -0.25) is 0 Å². The molecule has 0 aliphatic rings. The third-order valence-corrected chi connectivity index (χ3v) is 2.77. The van der Waals surface area contributed by atoms with E-state index >= 15 is 0 Å². The molecule has 3 N–H and O–H groups in total. The molecule has 96 valence electrons. The molecule has 0 radical (unpaired) electrons. The zero-order chi connectivity index (χ0) is 12.7. The quantitative estimate of drug-likeness (QED) is 0.695. The molecule has 1 aromatic rings. The molecule has 0 fully saturated rings. The number of aliphatic hydroxyl groups is 2. The Bertz CT molecular complexity index is 349. The molecular formula is C12H17ClFNO2. The summed E-state index contributed by atoms with van der Waals surface area (Å²) in [4.78, 5) is 0. The van der Waals surface area contributed by atoms with E-state index in [1.165, 1.54) is 12.1 Å². The Kier molecular flexibility index (Phi) is 6.44. The first-order valence-corrected chi connectivity index (χ1v) is 5.94. The number of halogens is 2. The Morgan fingerprint density at radius 2 is 2.12 bits per heavy atom. The van der Waals surface area contributed by atoms with Crippen LogP contribution in [-0.2, 0) is 6.42 Å². The minimum Gasteiger partial charge on any atom is -0.396 e. The molecule has 0 saturated heterocycles. The maximum absolute atomic E-state index is 13.3. The molecule has 0 aromatic heterocycles. The van der Waals surface area contributed by atoms with E-state index in [-0.39, 0.29) is 25.1 Å². The van der Waals surface area contributed by atoms with Gasteiger partial charge in [0.2, 0.25) is 0 Å². The van der Waals surface area contributed by atoms with Gasteiger partial charge in [0.1, 0.15) is 5.82 Å². The molecule has 0 aliphatic carbocycles. The lowest BCUT2D eigenvalue weighted by Crippen LogP contribution is -2.34. The van der Waals surface area contributed by atoms with E-state index in [9.17, 15) is 4.39 Å². The van der Waals surface area contributed by atoms with Gasteiger partial charge in [0, 0.05) is 17.7 Å². The van der Waals surface area contributed by atoms with Crippen LogP contribution in [0, 0.1) is 5.82 Å². The minimum atomic E-state index is -0.279. The van der Waals surface area contributed by atoms with Crippen LogP contribution in [0.15, 0.2) is 18.2 Å². The normalized spacial score (nSPS) is 12.7. The molecular weight excluding hydrogens is 245 g/mol. The summed E-state index contributed by atoms with van der Waals surface area (Å²) in [7, 11) is 0. The van der Waals surface area contributed by atoms with Crippen molar-refractivity contribution in [2.24, 2.45) is 0 Å². The molecule has 0 aliphatic heterocycles. The van der Waals surface area contributed by atoms with Gasteiger partial charge in [-0.1, -0.05) is 11.6 Å². The van der Waals surface area contributed by atoms with Crippen LogP contribution in [0.25, 0.3) is 0 Å². The Morgan fingerprint density at radius 3 is 2.76 bits per heavy atom. The Morgan fingerprint density at radius 1 is 1.35 bits per heavy atom. The minimum absolute atomic E-state index is 0.0176. The first-order valence-electron chi connectivity index (χ1n) is 5.56. The van der Waals surface area contributed by atoms with Gasteiger partial charge < -0.3 is 15.5 Å². The van der Waals surface area contributed by atoms with E-state index < -0.39 is 0 Å². The average molecular weight is 262 g/mol. The molecule has 0 amide bonds. The second-order valence-corrected chi connectivity index (χ2v) is 4.27. The molecule has 1 rings (SSSR count). The first kappa shape index (κ1) is 14.4. The first-order chi connectivity index (χ1) is 8.17. The Hall–Kier alpha value is -0.680. The average Bonchev–Trinajstić information content (AvgIpc) is 2.32. The van der Waals surface area contributed by atoms with Crippen LogP contribution in [-0.4, -0.2) is 36.0 Å². The number of hydrogen-bond donors (Lipinski definition) is 3. The Balaban J connectivity index is 2.42. The molecule has 5 heteroatoms. The molecule has 0 heterocycles. The van der Waals surface area contributed by atoms with Gasteiger partial charge in [-0.25, -0.2) is 4.39 Å². The molecule has 1 aromatic carbocycles. The maximum Gasteiger partial charge on any atom is 0.126 e. The van der Waals surface area contributed by atoms with Crippen LogP contribution in [0.4, 0.5) is 4.39 Å². The molecule has 0 saturated carbocycles. The highest BCUT2D eigenvalue weighted by Gasteiger charge is 2.07. The fraction of sp³-hybridized carbons (Fsp3) is 0.500. The molecule has 17 heavy (non-hydrogen) atoms. The summed E-state index contributed by atoms with van der Waals surface area (Å²) in [6, 6.07) is 4.30. The maximum atomic E-state index is 13.3. The van der Waals surface area contributed by atoms with Crippen LogP contribution in [0.2, 0.25) is 5.02 Å². The van der Waals surface area contributed by atoms with Gasteiger partial charge in [-0.15, -0.1) is 0 Å². The van der Waals surface area contributed by atoms with Crippen LogP contribution in [0.1, 0.15) is 12.0 Å². The van der Waals surface area contributed by atoms with E-state index in [0.29, 0.717) is 30.0 Å². The van der Waals surface area contributed by atoms with E-state index in [1.54, 1.807) is 6.07 Å². The number of rotatable bonds is 7. The SMILES string of the molecule is OCCC(CO)NCCc1cc(Cl)ccc1F. The van der Waals surface area contributed by atoms with Crippen molar-refractivity contribution in [3.8, 4) is 0 Å². The monoisotopic (exact) mass is 261 g/mol. The van der Waals surface area contributed by atoms with Gasteiger partial charge in [0.25, 0.3) is 0 Å². The number of nitrogens with one attached hydrogen (secondary N) is 1. The summed E-state index contributed by atoms with van der Waals surface area (Å²) >= 11 is 5.78. The van der Waals surface area contributed by atoms with Crippen LogP contribution in [0.5, 0.6) is 0 Å². The highest BCUT2D eigenvalue weighted by atomic mass is 35.5. The third kappa shape index (κ3) is 5.00. The summed E-state index contributed by atoms with van der Waals surface area (Å²) in [5.74, 6) is -0.279. The lowest BCUT2D eigenvalue weighted by atomic mass is 10.1. The fourth-order valence-corrected chi connectivity index (χ4v) is 1.75. The number of hydrogen-bond acceptors (Lipinski definition) is 3. The Labute approximate surface area is 105 Å². The summed E-state index contributed by atoms with van der Waals surface area (Å²) in [6.07, 6.45) is 0.975. The van der Waals surface area contributed by atoms with E-state index in [0.717, 1.165) is 0 Å². The number of benzene rings is 1. The zero-order valence-corrected chi connectivity index (χ0v) is 10.3. The van der Waals surface area contributed by atoms with Crippen molar-refractivity contribution in [3.05, 3.63) is 34.6 Å². The van der Waals surface area contributed by atoms with E-state index in [1.807, 2.05) is 0 Å². The van der Waals surface area contributed by atoms with Crippen LogP contribution in [0.3, 0.4) is 0 Å². The molecule has 3 nitrogen and oxygen atoms in total. The van der Waals surface area contributed by atoms with E-state index in [2.05, 4.69) is 5.32 Å². The largest absolute Gasteiger partial charge is 0.396 e. The highest BCUT2D eigenvalue weighted by molar-refractivity contribution is 6.30. The predicted octanol–water partition coefficient (Wildman–Crippen LogP) is 1.35. The predicted molar refractivity (Wildman–Crippen MR) is 65.7 cm³/mol. The van der Waals surface area contributed by atoms with Crippen molar-refractivity contribution in [2.75, 3.05) is 19.8 Å². The standard InChI is InChI=1S/C12H17ClFNO2/c13-10-1-2-12(14)9(7-10)3-5-15-11(8-17)4-6-16/h1-2,7,11,15-17H,3-6,8H2. The fourth-order valence-electron chi connectivity index (χ4n) is 1.56. The van der Waals surface area contributed by atoms with Crippen LogP contribution < -0.4 is 5.32 Å². The van der Waals surface area contributed by atoms with Gasteiger partial charge >= 0.3 is 0 Å². The van der Waals surface area contributed by atoms with Gasteiger partial charge in [-0.05, 0) is 43.1 Å². The topological polar surface area (TPSA) is 52.5 Å². The van der Waals surface area contributed by atoms with Gasteiger partial charge in [0.05, 0.1) is 6.61 Å². The molecule has 1 atom stereocenters. The second kappa shape index (κ2) is 7.61. The lowest BCUT2D eigenvalue weighted by molar-refractivity contribution is 0.201. The molecule has 1 unspecified atom stereocenters. The van der Waals surface area contributed by atoms with E-state index in [4.69, 9.17) is 21.8 Å². The summed E-state index contributed by atoms with van der Waals surface area (Å²) in [5, 5.41) is 21.3. The highest BCUT2D eigenvalue weighted by Crippen LogP contribution is 2.15. The molecule has 0 bridgehead atoms. The van der Waals surface area contributed by atoms with Crippen molar-refractivity contribution < 1.29 is 14.6 Å². The summed E-state index contributed by atoms with van der Waals surface area (Å²) < 4.78 is 13.3. The van der Waals surface area contributed by atoms with Crippen molar-refractivity contribution in [1.82, 2.24) is 5.32 Å². The van der Waals surface area contributed by atoms with Crippen molar-refractivity contribution in [3.63, 3.8) is 0 Å². The second-order valence-electron chi connectivity index (χ2n) is 3.83. The van der Waals surface area contributed by atoms with Crippen LogP contribution >= 0.6 is 11.6 Å². The third-order valence-electron chi connectivity index (χ3n) is 2.53. The molecule has 0 spiro atoms. The van der Waals surface area contributed by atoms with Crippen molar-refractivity contribution in [1.29, 1.82) is 0 Å². The zero-order valence-electron chi connectivity index (χ0n) is 9.50. The van der Waals surface area contributed by atoms with Gasteiger partial charge in [0.15, 0.2) is 0 Å².